The molecule has 24 heavy (non-hydrogen) atoms. The molecule has 0 saturated carbocycles. The van der Waals surface area contributed by atoms with E-state index in [1.165, 1.54) is 0 Å². The highest BCUT2D eigenvalue weighted by atomic mass is 32.2. The van der Waals surface area contributed by atoms with Gasteiger partial charge < -0.3 is 0 Å². The topological polar surface area (TPSA) is 34.1 Å². The monoisotopic (exact) mass is 334 g/mol. The standard InChI is InChI=1S/C21H18O2S/c22-24(23)21(19-14-8-3-9-15-19)20(18-12-6-2-7-13-18)16-17-10-4-1-5-11-17/h1-15,24H,16H2. The number of allylic oxidation sites excluding steroid dienone is 1. The molecular weight excluding hydrogens is 316 g/mol. The molecule has 0 aliphatic rings. The van der Waals surface area contributed by atoms with Crippen LogP contribution in [0.1, 0.15) is 16.7 Å². The second kappa shape index (κ2) is 7.75. The zero-order chi connectivity index (χ0) is 16.8. The summed E-state index contributed by atoms with van der Waals surface area (Å²) in [4.78, 5) is 0.389. The third-order valence-corrected chi connectivity index (χ3v) is 4.75. The first kappa shape index (κ1) is 16.2. The molecule has 2 nitrogen and oxygen atoms in total. The maximum Gasteiger partial charge on any atom is 0.169 e. The van der Waals surface area contributed by atoms with Crippen LogP contribution in [-0.4, -0.2) is 8.42 Å². The van der Waals surface area contributed by atoms with Gasteiger partial charge in [-0.1, -0.05) is 91.0 Å². The van der Waals surface area contributed by atoms with Gasteiger partial charge >= 0.3 is 0 Å². The Labute approximate surface area is 144 Å². The van der Waals surface area contributed by atoms with Gasteiger partial charge in [-0.05, 0) is 28.7 Å². The third kappa shape index (κ3) is 3.81. The second-order valence-corrected chi connectivity index (χ2v) is 6.44. The summed E-state index contributed by atoms with van der Waals surface area (Å²) in [6, 6.07) is 28.9. The Bertz CT molecular complexity index is 888. The van der Waals surface area contributed by atoms with E-state index < -0.39 is 10.7 Å². The number of hydrogen-bond acceptors (Lipinski definition) is 2. The van der Waals surface area contributed by atoms with Crippen molar-refractivity contribution in [1.82, 2.24) is 0 Å². The summed E-state index contributed by atoms with van der Waals surface area (Å²) in [5.74, 6) is 0. The quantitative estimate of drug-likeness (QED) is 0.554. The minimum atomic E-state index is -2.72. The van der Waals surface area contributed by atoms with Gasteiger partial charge in [-0.25, -0.2) is 8.42 Å². The van der Waals surface area contributed by atoms with Crippen molar-refractivity contribution >= 4 is 21.2 Å². The molecule has 0 fully saturated rings. The van der Waals surface area contributed by atoms with Crippen molar-refractivity contribution in [2.24, 2.45) is 0 Å². The molecule has 0 aliphatic heterocycles. The molecule has 0 atom stereocenters. The van der Waals surface area contributed by atoms with Gasteiger partial charge in [0.2, 0.25) is 0 Å². The van der Waals surface area contributed by atoms with E-state index in [0.29, 0.717) is 11.3 Å². The van der Waals surface area contributed by atoms with E-state index in [4.69, 9.17) is 0 Å². The van der Waals surface area contributed by atoms with Crippen LogP contribution in [0.2, 0.25) is 0 Å². The average Bonchev–Trinajstić information content (AvgIpc) is 2.63. The van der Waals surface area contributed by atoms with E-state index in [0.717, 1.165) is 22.3 Å². The molecule has 120 valence electrons. The fourth-order valence-electron chi connectivity index (χ4n) is 2.75. The van der Waals surface area contributed by atoms with Crippen LogP contribution in [0.3, 0.4) is 0 Å². The largest absolute Gasteiger partial charge is 0.227 e. The molecule has 0 aliphatic carbocycles. The third-order valence-electron chi connectivity index (χ3n) is 3.86. The first-order valence-corrected chi connectivity index (χ1v) is 8.96. The van der Waals surface area contributed by atoms with E-state index in [1.807, 2.05) is 91.0 Å². The minimum Gasteiger partial charge on any atom is -0.227 e. The molecule has 0 radical (unpaired) electrons. The van der Waals surface area contributed by atoms with E-state index in [9.17, 15) is 8.42 Å². The SMILES string of the molecule is O=[SH](=O)C(=C(Cc1ccccc1)c1ccccc1)c1ccccc1. The average molecular weight is 334 g/mol. The maximum absolute atomic E-state index is 12.1. The Balaban J connectivity index is 2.21. The number of benzene rings is 3. The molecule has 3 rings (SSSR count). The van der Waals surface area contributed by atoms with Crippen LogP contribution in [0.4, 0.5) is 0 Å². The normalized spacial score (nSPS) is 12.0. The van der Waals surface area contributed by atoms with E-state index in [-0.39, 0.29) is 0 Å². The summed E-state index contributed by atoms with van der Waals surface area (Å²) in [6.07, 6.45) is 0.568. The zero-order valence-corrected chi connectivity index (χ0v) is 14.0. The van der Waals surface area contributed by atoms with Gasteiger partial charge in [0.25, 0.3) is 0 Å². The Morgan fingerprint density at radius 3 is 1.58 bits per heavy atom. The van der Waals surface area contributed by atoms with Crippen LogP contribution in [-0.2, 0) is 17.1 Å². The number of rotatable bonds is 5. The van der Waals surface area contributed by atoms with Gasteiger partial charge in [0, 0.05) is 0 Å². The Morgan fingerprint density at radius 1 is 0.625 bits per heavy atom. The lowest BCUT2D eigenvalue weighted by molar-refractivity contribution is 0.623. The van der Waals surface area contributed by atoms with Crippen LogP contribution in [0.25, 0.3) is 10.5 Å². The molecule has 0 unspecified atom stereocenters. The maximum atomic E-state index is 12.1. The van der Waals surface area contributed by atoms with Crippen molar-refractivity contribution < 1.29 is 8.42 Å². The fourth-order valence-corrected chi connectivity index (χ4v) is 3.54. The first-order valence-electron chi connectivity index (χ1n) is 7.78. The summed E-state index contributed by atoms with van der Waals surface area (Å²) in [7, 11) is -2.72. The molecule has 0 heterocycles. The summed E-state index contributed by atoms with van der Waals surface area (Å²) in [5, 5.41) is 0. The molecule has 3 aromatic carbocycles. The predicted molar refractivity (Wildman–Crippen MR) is 100 cm³/mol. The van der Waals surface area contributed by atoms with Crippen LogP contribution in [0, 0.1) is 0 Å². The first-order chi connectivity index (χ1) is 11.8. The fraction of sp³-hybridized carbons (Fsp3) is 0.0476. The molecule has 0 aromatic heterocycles. The van der Waals surface area contributed by atoms with Crippen LogP contribution in [0.15, 0.2) is 91.0 Å². The van der Waals surface area contributed by atoms with E-state index in [2.05, 4.69) is 0 Å². The Kier molecular flexibility index (Phi) is 5.24. The molecule has 3 aromatic rings. The van der Waals surface area contributed by atoms with E-state index >= 15 is 0 Å². The van der Waals surface area contributed by atoms with Gasteiger partial charge in [-0.3, -0.25) is 0 Å². The van der Waals surface area contributed by atoms with Crippen LogP contribution in [0.5, 0.6) is 0 Å². The minimum absolute atomic E-state index is 0.389. The summed E-state index contributed by atoms with van der Waals surface area (Å²) >= 11 is 0. The van der Waals surface area contributed by atoms with Gasteiger partial charge in [-0.15, -0.1) is 0 Å². The predicted octanol–water partition coefficient (Wildman–Crippen LogP) is 4.41. The summed E-state index contributed by atoms with van der Waals surface area (Å²) < 4.78 is 24.2. The lowest BCUT2D eigenvalue weighted by Crippen LogP contribution is -1.98. The lowest BCUT2D eigenvalue weighted by atomic mass is 9.96. The van der Waals surface area contributed by atoms with Gasteiger partial charge in [0.05, 0.1) is 4.91 Å². The molecule has 0 N–H and O–H groups in total. The van der Waals surface area contributed by atoms with Gasteiger partial charge in [0.15, 0.2) is 10.7 Å². The van der Waals surface area contributed by atoms with Crippen molar-refractivity contribution in [2.45, 2.75) is 6.42 Å². The number of hydrogen-bond donors (Lipinski definition) is 1. The Morgan fingerprint density at radius 2 is 1.08 bits per heavy atom. The number of thiol groups is 1. The van der Waals surface area contributed by atoms with Gasteiger partial charge in [0.1, 0.15) is 0 Å². The molecule has 0 amide bonds. The van der Waals surface area contributed by atoms with Crippen molar-refractivity contribution in [3.8, 4) is 0 Å². The second-order valence-electron chi connectivity index (χ2n) is 5.48. The highest BCUT2D eigenvalue weighted by Gasteiger charge is 2.14. The molecule has 0 spiro atoms. The van der Waals surface area contributed by atoms with Crippen molar-refractivity contribution in [2.75, 3.05) is 0 Å². The van der Waals surface area contributed by atoms with Gasteiger partial charge in [-0.2, -0.15) is 0 Å². The Hall–Kier alpha value is -2.65. The van der Waals surface area contributed by atoms with Crippen LogP contribution >= 0.6 is 0 Å². The molecule has 0 saturated heterocycles. The molecule has 0 bridgehead atoms. The molecule has 3 heteroatoms. The summed E-state index contributed by atoms with van der Waals surface area (Å²) in [5.41, 5.74) is 3.56. The lowest BCUT2D eigenvalue weighted by Gasteiger charge is -2.13. The zero-order valence-electron chi connectivity index (χ0n) is 13.1. The summed E-state index contributed by atoms with van der Waals surface area (Å²) in [6.45, 7) is 0. The van der Waals surface area contributed by atoms with Crippen molar-refractivity contribution in [3.05, 3.63) is 108 Å². The van der Waals surface area contributed by atoms with Crippen molar-refractivity contribution in [3.63, 3.8) is 0 Å². The molecular formula is C21H18O2S. The van der Waals surface area contributed by atoms with E-state index in [1.54, 1.807) is 0 Å². The smallest absolute Gasteiger partial charge is 0.169 e. The van der Waals surface area contributed by atoms with Crippen LogP contribution < -0.4 is 0 Å². The highest BCUT2D eigenvalue weighted by Crippen LogP contribution is 2.30. The van der Waals surface area contributed by atoms with Crippen molar-refractivity contribution in [1.29, 1.82) is 0 Å². The highest BCUT2D eigenvalue weighted by molar-refractivity contribution is 7.83.